The van der Waals surface area contributed by atoms with Gasteiger partial charge in [0.05, 0.1) is 5.92 Å². The van der Waals surface area contributed by atoms with E-state index in [1.165, 1.54) is 0 Å². The Bertz CT molecular complexity index is 102. The number of hydrogen-bond acceptors (Lipinski definition) is 1. The molecule has 0 heterocycles. The third-order valence-corrected chi connectivity index (χ3v) is 1.03. The Morgan fingerprint density at radius 3 is 2.29 bits per heavy atom. The molecule has 1 unspecified atom stereocenters. The van der Waals surface area contributed by atoms with Crippen LogP contribution < -0.4 is 0 Å². The van der Waals surface area contributed by atoms with Crippen molar-refractivity contribution in [2.45, 2.75) is 12.6 Å². The molecule has 3 heteroatoms. The van der Waals surface area contributed by atoms with Crippen LogP contribution in [0.4, 0.5) is 4.39 Å². The van der Waals surface area contributed by atoms with Crippen molar-refractivity contribution in [2.75, 3.05) is 0 Å². The van der Waals surface area contributed by atoms with Gasteiger partial charge in [-0.2, -0.15) is 0 Å². The fraction of sp³-hybridized carbons (Fsp3) is 0.750. The lowest BCUT2D eigenvalue weighted by molar-refractivity contribution is -0.138. The highest BCUT2D eigenvalue weighted by molar-refractivity contribution is 5.73. The molecule has 0 spiro atoms. The van der Waals surface area contributed by atoms with Crippen molar-refractivity contribution in [3.63, 3.8) is 0 Å². The molecule has 0 aliphatic heterocycles. The minimum atomic E-state index is -1.06. The smallest absolute Gasteiger partial charge is 0.309 e. The summed E-state index contributed by atoms with van der Waals surface area (Å²) in [5, 5.41) is 7.98. The first kappa shape index (κ1) is 4.56. The molecule has 1 aliphatic carbocycles. The second-order valence-electron chi connectivity index (χ2n) is 1.70. The van der Waals surface area contributed by atoms with E-state index in [0.29, 0.717) is 0 Å². The van der Waals surface area contributed by atoms with Crippen LogP contribution in [0, 0.1) is 5.92 Å². The number of aliphatic carboxylic acids is 1. The highest BCUT2D eigenvalue weighted by atomic mass is 19.1. The number of halogens is 1. The summed E-state index contributed by atoms with van der Waals surface area (Å²) < 4.78 is 11.6. The molecule has 2 atom stereocenters. The molecule has 0 amide bonds. The zero-order valence-corrected chi connectivity index (χ0v) is 3.60. The molecule has 0 aromatic carbocycles. The molecule has 0 saturated heterocycles. The SMILES string of the molecule is O=C(O)[C@H]1CC1F. The highest BCUT2D eigenvalue weighted by Gasteiger charge is 2.43. The van der Waals surface area contributed by atoms with Crippen LogP contribution in [0.5, 0.6) is 0 Å². The molecule has 1 N–H and O–H groups in total. The molecule has 1 aliphatic rings. The molecule has 0 aromatic rings. The molecule has 2 nitrogen and oxygen atoms in total. The Balaban J connectivity index is 2.33. The molecule has 0 radical (unpaired) electrons. The van der Waals surface area contributed by atoms with Crippen LogP contribution in [0.2, 0.25) is 0 Å². The molecular weight excluding hydrogens is 99.0 g/mol. The molecule has 1 saturated carbocycles. The highest BCUT2D eigenvalue weighted by Crippen LogP contribution is 2.33. The number of rotatable bonds is 1. The number of carboxylic acid groups (broad SMARTS) is 1. The van der Waals surface area contributed by atoms with Crippen molar-refractivity contribution in [1.82, 2.24) is 0 Å². The minimum Gasteiger partial charge on any atom is -0.481 e. The Morgan fingerprint density at radius 1 is 1.86 bits per heavy atom. The predicted octanol–water partition coefficient (Wildman–Crippen LogP) is 0.429. The number of carbonyl (C=O) groups is 1. The molecule has 1 rings (SSSR count). The van der Waals surface area contributed by atoms with E-state index < -0.39 is 18.1 Å². The van der Waals surface area contributed by atoms with E-state index in [2.05, 4.69) is 0 Å². The summed E-state index contributed by atoms with van der Waals surface area (Å²) in [6.07, 6.45) is -0.840. The summed E-state index contributed by atoms with van der Waals surface area (Å²) in [6.45, 7) is 0. The first-order chi connectivity index (χ1) is 3.22. The van der Waals surface area contributed by atoms with Crippen LogP contribution in [-0.4, -0.2) is 17.2 Å². The second kappa shape index (κ2) is 1.18. The van der Waals surface area contributed by atoms with Crippen LogP contribution >= 0.6 is 0 Å². The Morgan fingerprint density at radius 2 is 2.29 bits per heavy atom. The van der Waals surface area contributed by atoms with Gasteiger partial charge in [-0.1, -0.05) is 0 Å². The maximum Gasteiger partial charge on any atom is 0.309 e. The number of alkyl halides is 1. The van der Waals surface area contributed by atoms with Crippen molar-refractivity contribution < 1.29 is 14.3 Å². The van der Waals surface area contributed by atoms with Crippen molar-refractivity contribution >= 4 is 5.97 Å². The normalized spacial score (nSPS) is 37.9. The fourth-order valence-electron chi connectivity index (χ4n) is 0.420. The van der Waals surface area contributed by atoms with Gasteiger partial charge >= 0.3 is 5.97 Å². The molecule has 1 fully saturated rings. The van der Waals surface area contributed by atoms with E-state index in [4.69, 9.17) is 5.11 Å². The minimum absolute atomic E-state index is 0.218. The molecule has 7 heavy (non-hydrogen) atoms. The van der Waals surface area contributed by atoms with E-state index >= 15 is 0 Å². The zero-order chi connectivity index (χ0) is 5.44. The Kier molecular flexibility index (Phi) is 0.770. The quantitative estimate of drug-likeness (QED) is 0.523. The largest absolute Gasteiger partial charge is 0.481 e. The van der Waals surface area contributed by atoms with Gasteiger partial charge in [0.1, 0.15) is 6.17 Å². The van der Waals surface area contributed by atoms with Gasteiger partial charge < -0.3 is 5.11 Å². The molecule has 0 bridgehead atoms. The van der Waals surface area contributed by atoms with Crippen molar-refractivity contribution in [3.05, 3.63) is 0 Å². The summed E-state index contributed by atoms with van der Waals surface area (Å²) in [7, 11) is 0. The van der Waals surface area contributed by atoms with Crippen LogP contribution in [-0.2, 0) is 4.79 Å². The first-order valence-corrected chi connectivity index (χ1v) is 2.08. The standard InChI is InChI=1S/C4H5FO2/c5-3-1-2(3)4(6)7/h2-3H,1H2,(H,6,7)/t2-,3?/m0/s1. The van der Waals surface area contributed by atoms with Crippen LogP contribution in [0.1, 0.15) is 6.42 Å². The lowest BCUT2D eigenvalue weighted by atomic mass is 10.4. The monoisotopic (exact) mass is 104 g/mol. The van der Waals surface area contributed by atoms with Gasteiger partial charge in [0.15, 0.2) is 0 Å². The fourth-order valence-corrected chi connectivity index (χ4v) is 0.420. The van der Waals surface area contributed by atoms with Crippen molar-refractivity contribution in [1.29, 1.82) is 0 Å². The summed E-state index contributed by atoms with van der Waals surface area (Å²) in [6, 6.07) is 0. The maximum atomic E-state index is 11.6. The van der Waals surface area contributed by atoms with Crippen LogP contribution in [0.3, 0.4) is 0 Å². The van der Waals surface area contributed by atoms with Gasteiger partial charge in [-0.25, -0.2) is 4.39 Å². The van der Waals surface area contributed by atoms with Crippen molar-refractivity contribution in [3.8, 4) is 0 Å². The topological polar surface area (TPSA) is 37.3 Å². The summed E-state index contributed by atoms with van der Waals surface area (Å²) in [4.78, 5) is 9.73. The van der Waals surface area contributed by atoms with E-state index in [-0.39, 0.29) is 6.42 Å². The lowest BCUT2D eigenvalue weighted by Crippen LogP contribution is -1.98. The number of hydrogen-bond donors (Lipinski definition) is 1. The summed E-state index contributed by atoms with van der Waals surface area (Å²) in [5.41, 5.74) is 0. The van der Waals surface area contributed by atoms with E-state index in [9.17, 15) is 9.18 Å². The third-order valence-electron chi connectivity index (χ3n) is 1.03. The van der Waals surface area contributed by atoms with Gasteiger partial charge in [0, 0.05) is 0 Å². The van der Waals surface area contributed by atoms with Crippen LogP contribution in [0.15, 0.2) is 0 Å². The van der Waals surface area contributed by atoms with Gasteiger partial charge in [-0.15, -0.1) is 0 Å². The Labute approximate surface area is 39.9 Å². The van der Waals surface area contributed by atoms with Gasteiger partial charge in [0.25, 0.3) is 0 Å². The predicted molar refractivity (Wildman–Crippen MR) is 20.6 cm³/mol. The molecule has 0 aromatic heterocycles. The molecular formula is C4H5FO2. The summed E-state index contributed by atoms with van der Waals surface area (Å²) >= 11 is 0. The molecule has 40 valence electrons. The van der Waals surface area contributed by atoms with Crippen LogP contribution in [0.25, 0.3) is 0 Å². The third kappa shape index (κ3) is 0.706. The average molecular weight is 104 g/mol. The van der Waals surface area contributed by atoms with E-state index in [1.54, 1.807) is 0 Å². The lowest BCUT2D eigenvalue weighted by Gasteiger charge is -1.77. The Hall–Kier alpha value is -0.600. The van der Waals surface area contributed by atoms with E-state index in [1.807, 2.05) is 0 Å². The first-order valence-electron chi connectivity index (χ1n) is 2.08. The van der Waals surface area contributed by atoms with Crippen molar-refractivity contribution in [2.24, 2.45) is 5.92 Å². The van der Waals surface area contributed by atoms with E-state index in [0.717, 1.165) is 0 Å². The number of carboxylic acids is 1. The van der Waals surface area contributed by atoms with Gasteiger partial charge in [-0.3, -0.25) is 4.79 Å². The van der Waals surface area contributed by atoms with Gasteiger partial charge in [-0.05, 0) is 6.42 Å². The second-order valence-corrected chi connectivity index (χ2v) is 1.70. The zero-order valence-electron chi connectivity index (χ0n) is 3.60. The summed E-state index contributed by atoms with van der Waals surface area (Å²) in [5.74, 6) is -1.69. The maximum absolute atomic E-state index is 11.6. The average Bonchev–Trinajstić information content (AvgIpc) is 2.17. The van der Waals surface area contributed by atoms with Gasteiger partial charge in [0.2, 0.25) is 0 Å².